The largest absolute Gasteiger partial charge is 0.493 e. The van der Waals surface area contributed by atoms with Gasteiger partial charge in [-0.05, 0) is 35.9 Å². The third kappa shape index (κ3) is 6.30. The minimum Gasteiger partial charge on any atom is -0.493 e. The molecule has 0 fully saturated rings. The molecule has 0 unspecified atom stereocenters. The highest BCUT2D eigenvalue weighted by atomic mass is 16.6. The van der Waals surface area contributed by atoms with Gasteiger partial charge in [-0.15, -0.1) is 0 Å². The first-order valence-electron chi connectivity index (χ1n) is 9.36. The Kier molecular flexibility index (Phi) is 7.36. The first kappa shape index (κ1) is 23.4. The Morgan fingerprint density at radius 3 is 2.13 bits per heavy atom. The van der Waals surface area contributed by atoms with E-state index >= 15 is 0 Å². The number of hydrogen-bond donors (Lipinski definition) is 2. The van der Waals surface area contributed by atoms with Crippen molar-refractivity contribution < 1.29 is 24.0 Å². The zero-order valence-corrected chi connectivity index (χ0v) is 18.0. The van der Waals surface area contributed by atoms with E-state index in [2.05, 4.69) is 10.6 Å². The molecule has 2 amide bonds. The lowest BCUT2D eigenvalue weighted by Gasteiger charge is -2.19. The summed E-state index contributed by atoms with van der Waals surface area (Å²) in [5.41, 5.74) is 0.120. The van der Waals surface area contributed by atoms with E-state index in [1.165, 1.54) is 44.6 Å². The third-order valence-electron chi connectivity index (χ3n) is 4.23. The third-order valence-corrected chi connectivity index (χ3v) is 4.23. The fourth-order valence-electron chi connectivity index (χ4n) is 2.44. The van der Waals surface area contributed by atoms with Crippen molar-refractivity contribution in [3.63, 3.8) is 0 Å². The van der Waals surface area contributed by atoms with Crippen LogP contribution in [0.3, 0.4) is 0 Å². The molecule has 2 N–H and O–H groups in total. The molecule has 31 heavy (non-hydrogen) atoms. The van der Waals surface area contributed by atoms with Crippen molar-refractivity contribution in [2.45, 2.75) is 20.8 Å². The molecule has 2 aromatic carbocycles. The predicted molar refractivity (Wildman–Crippen MR) is 117 cm³/mol. The van der Waals surface area contributed by atoms with Crippen LogP contribution < -0.4 is 20.1 Å². The molecular weight excluding hydrogens is 402 g/mol. The number of rotatable bonds is 7. The fourth-order valence-corrected chi connectivity index (χ4v) is 2.44. The second-order valence-corrected chi connectivity index (χ2v) is 7.63. The van der Waals surface area contributed by atoms with Crippen LogP contribution in [-0.2, 0) is 9.59 Å². The Balaban J connectivity index is 2.37. The fraction of sp³-hybridized carbons (Fsp3) is 0.273. The van der Waals surface area contributed by atoms with Crippen LogP contribution in [0.15, 0.2) is 48.2 Å². The number of hydrogen-bond acceptors (Lipinski definition) is 6. The van der Waals surface area contributed by atoms with Gasteiger partial charge in [0.05, 0.1) is 19.1 Å². The Bertz CT molecular complexity index is 1010. The molecule has 0 spiro atoms. The van der Waals surface area contributed by atoms with E-state index in [0.29, 0.717) is 22.7 Å². The molecule has 0 aromatic heterocycles. The van der Waals surface area contributed by atoms with Crippen molar-refractivity contribution in [2.75, 3.05) is 19.5 Å². The van der Waals surface area contributed by atoms with E-state index in [9.17, 15) is 19.7 Å². The summed E-state index contributed by atoms with van der Waals surface area (Å²) in [6, 6.07) is 10.4. The van der Waals surface area contributed by atoms with E-state index in [-0.39, 0.29) is 17.3 Å². The first-order valence-corrected chi connectivity index (χ1v) is 9.36. The number of nitro groups is 1. The van der Waals surface area contributed by atoms with Crippen LogP contribution in [0.2, 0.25) is 0 Å². The Morgan fingerprint density at radius 1 is 1.00 bits per heavy atom. The number of carbonyl (C=O) groups is 2. The maximum atomic E-state index is 12.9. The first-order chi connectivity index (χ1) is 14.5. The maximum absolute atomic E-state index is 12.9. The normalized spacial score (nSPS) is 11.5. The quantitative estimate of drug-likeness (QED) is 0.394. The molecule has 0 aliphatic carbocycles. The van der Waals surface area contributed by atoms with Gasteiger partial charge < -0.3 is 20.1 Å². The summed E-state index contributed by atoms with van der Waals surface area (Å²) in [5, 5.41) is 16.1. The Morgan fingerprint density at radius 2 is 1.61 bits per heavy atom. The monoisotopic (exact) mass is 427 g/mol. The van der Waals surface area contributed by atoms with Gasteiger partial charge in [-0.2, -0.15) is 0 Å². The summed E-state index contributed by atoms with van der Waals surface area (Å²) in [6.45, 7) is 5.18. The van der Waals surface area contributed by atoms with Crippen molar-refractivity contribution in [2.24, 2.45) is 5.41 Å². The van der Waals surface area contributed by atoms with Crippen LogP contribution in [0.5, 0.6) is 11.5 Å². The van der Waals surface area contributed by atoms with Crippen LogP contribution in [-0.4, -0.2) is 31.0 Å². The van der Waals surface area contributed by atoms with Crippen LogP contribution in [0.1, 0.15) is 26.3 Å². The van der Waals surface area contributed by atoms with Gasteiger partial charge in [-0.25, -0.2) is 0 Å². The molecule has 2 aromatic rings. The average Bonchev–Trinajstić information content (AvgIpc) is 2.72. The Hall–Kier alpha value is -3.88. The highest BCUT2D eigenvalue weighted by Gasteiger charge is 2.24. The van der Waals surface area contributed by atoms with Crippen LogP contribution in [0, 0.1) is 15.5 Å². The molecule has 0 aliphatic heterocycles. The molecule has 0 saturated carbocycles. The summed E-state index contributed by atoms with van der Waals surface area (Å²) in [5.74, 6) is 0.0584. The number of non-ortho nitro benzene ring substituents is 1. The SMILES string of the molecule is COc1ccc(/C=C(/NC(=O)C(C)(C)C)C(=O)Nc2ccc([N+](=O)[O-])cc2)cc1OC. The zero-order valence-electron chi connectivity index (χ0n) is 18.0. The lowest BCUT2D eigenvalue weighted by atomic mass is 9.95. The van der Waals surface area contributed by atoms with Crippen molar-refractivity contribution in [3.05, 3.63) is 63.8 Å². The van der Waals surface area contributed by atoms with Crippen molar-refractivity contribution in [3.8, 4) is 11.5 Å². The van der Waals surface area contributed by atoms with E-state index < -0.39 is 16.2 Å². The zero-order chi connectivity index (χ0) is 23.2. The highest BCUT2D eigenvalue weighted by molar-refractivity contribution is 6.09. The van der Waals surface area contributed by atoms with Crippen molar-refractivity contribution in [1.82, 2.24) is 5.32 Å². The Labute approximate surface area is 180 Å². The van der Waals surface area contributed by atoms with E-state index in [4.69, 9.17) is 9.47 Å². The second kappa shape index (κ2) is 9.75. The van der Waals surface area contributed by atoms with Gasteiger partial charge >= 0.3 is 0 Å². The number of carbonyl (C=O) groups excluding carboxylic acids is 2. The number of benzene rings is 2. The molecule has 0 saturated heterocycles. The molecule has 0 atom stereocenters. The lowest BCUT2D eigenvalue weighted by molar-refractivity contribution is -0.384. The summed E-state index contributed by atoms with van der Waals surface area (Å²) in [7, 11) is 3.01. The van der Waals surface area contributed by atoms with Gasteiger partial charge in [0.25, 0.3) is 11.6 Å². The smallest absolute Gasteiger partial charge is 0.272 e. The summed E-state index contributed by atoms with van der Waals surface area (Å²) >= 11 is 0. The predicted octanol–water partition coefficient (Wildman–Crippen LogP) is 3.75. The highest BCUT2D eigenvalue weighted by Crippen LogP contribution is 2.28. The second-order valence-electron chi connectivity index (χ2n) is 7.63. The van der Waals surface area contributed by atoms with Crippen LogP contribution >= 0.6 is 0 Å². The molecule has 0 radical (unpaired) electrons. The molecule has 164 valence electrons. The molecular formula is C22H25N3O6. The molecule has 2 rings (SSSR count). The van der Waals surface area contributed by atoms with E-state index in [1.807, 2.05) is 0 Å². The molecule has 9 nitrogen and oxygen atoms in total. The lowest BCUT2D eigenvalue weighted by Crippen LogP contribution is -2.38. The summed E-state index contributed by atoms with van der Waals surface area (Å²) in [6.07, 6.45) is 1.51. The number of methoxy groups -OCH3 is 2. The van der Waals surface area contributed by atoms with Gasteiger partial charge in [0, 0.05) is 23.2 Å². The van der Waals surface area contributed by atoms with Gasteiger partial charge in [0.15, 0.2) is 11.5 Å². The standard InChI is InChI=1S/C22H25N3O6/c1-22(2,3)21(27)24-17(12-14-6-11-18(30-4)19(13-14)31-5)20(26)23-15-7-9-16(10-8-15)25(28)29/h6-13H,1-5H3,(H,23,26)(H,24,27)/b17-12+. The number of nitrogens with zero attached hydrogens (tertiary/aromatic N) is 1. The average molecular weight is 427 g/mol. The van der Waals surface area contributed by atoms with Gasteiger partial charge in [0.1, 0.15) is 5.70 Å². The van der Waals surface area contributed by atoms with Crippen LogP contribution in [0.4, 0.5) is 11.4 Å². The van der Waals surface area contributed by atoms with Gasteiger partial charge in [-0.3, -0.25) is 19.7 Å². The molecule has 0 bridgehead atoms. The van der Waals surface area contributed by atoms with E-state index in [0.717, 1.165) is 0 Å². The number of ether oxygens (including phenoxy) is 2. The topological polar surface area (TPSA) is 120 Å². The van der Waals surface area contributed by atoms with Gasteiger partial charge in [0.2, 0.25) is 5.91 Å². The molecule has 0 aliphatic rings. The number of amides is 2. The van der Waals surface area contributed by atoms with Crippen LogP contribution in [0.25, 0.3) is 6.08 Å². The van der Waals surface area contributed by atoms with Crippen molar-refractivity contribution in [1.29, 1.82) is 0 Å². The van der Waals surface area contributed by atoms with Crippen molar-refractivity contribution >= 4 is 29.3 Å². The summed E-state index contributed by atoms with van der Waals surface area (Å²) in [4.78, 5) is 35.7. The number of nitro benzene ring substituents is 1. The molecule has 9 heteroatoms. The number of anilines is 1. The number of nitrogens with one attached hydrogen (secondary N) is 2. The van der Waals surface area contributed by atoms with E-state index in [1.54, 1.807) is 39.0 Å². The van der Waals surface area contributed by atoms with Gasteiger partial charge in [-0.1, -0.05) is 26.8 Å². The maximum Gasteiger partial charge on any atom is 0.272 e. The minimum absolute atomic E-state index is 0.00509. The summed E-state index contributed by atoms with van der Waals surface area (Å²) < 4.78 is 10.5. The molecule has 0 heterocycles. The minimum atomic E-state index is -0.732.